The van der Waals surface area contributed by atoms with Gasteiger partial charge in [0.25, 0.3) is 5.97 Å². The second kappa shape index (κ2) is 17.5. The van der Waals surface area contributed by atoms with Crippen LogP contribution in [0.1, 0.15) is 118 Å². The van der Waals surface area contributed by atoms with Crippen LogP contribution in [0.25, 0.3) is 0 Å². The van der Waals surface area contributed by atoms with Gasteiger partial charge >= 0.3 is 0 Å². The van der Waals surface area contributed by atoms with Crippen LogP contribution in [0.3, 0.4) is 0 Å². The zero-order valence-electron chi connectivity index (χ0n) is 20.0. The summed E-state index contributed by atoms with van der Waals surface area (Å²) >= 11 is 0. The fourth-order valence-corrected chi connectivity index (χ4v) is 3.69. The van der Waals surface area contributed by atoms with Crippen molar-refractivity contribution in [1.29, 1.82) is 0 Å². The predicted octanol–water partition coefficient (Wildman–Crippen LogP) is 7.25. The summed E-state index contributed by atoms with van der Waals surface area (Å²) in [6, 6.07) is 0. The third-order valence-corrected chi connectivity index (χ3v) is 5.76. The minimum atomic E-state index is -0.894. The molecule has 29 heavy (non-hydrogen) atoms. The van der Waals surface area contributed by atoms with E-state index in [0.29, 0.717) is 25.9 Å². The fourth-order valence-electron chi connectivity index (χ4n) is 3.69. The summed E-state index contributed by atoms with van der Waals surface area (Å²) in [5.41, 5.74) is 0. The molecule has 0 N–H and O–H groups in total. The molecule has 0 saturated carbocycles. The first kappa shape index (κ1) is 26.9. The Hall–Kier alpha value is -0.160. The van der Waals surface area contributed by atoms with E-state index in [0.717, 1.165) is 58.0 Å². The average molecular weight is 415 g/mol. The lowest BCUT2D eigenvalue weighted by Crippen LogP contribution is -2.48. The Labute approximate surface area is 181 Å². The van der Waals surface area contributed by atoms with Crippen LogP contribution in [0.4, 0.5) is 0 Å². The summed E-state index contributed by atoms with van der Waals surface area (Å²) in [6.07, 6.45) is 16.8. The fraction of sp³-hybridized carbons (Fsp3) is 1.00. The third kappa shape index (κ3) is 12.3. The van der Waals surface area contributed by atoms with Gasteiger partial charge in [0.1, 0.15) is 0 Å². The van der Waals surface area contributed by atoms with E-state index in [4.69, 9.17) is 18.9 Å². The molecule has 174 valence electrons. The van der Waals surface area contributed by atoms with Gasteiger partial charge in [0, 0.05) is 5.92 Å². The predicted molar refractivity (Wildman–Crippen MR) is 121 cm³/mol. The van der Waals surface area contributed by atoms with Gasteiger partial charge in [-0.1, -0.05) is 85.5 Å². The van der Waals surface area contributed by atoms with Crippen molar-refractivity contribution >= 4 is 0 Å². The Kier molecular flexibility index (Phi) is 16.2. The first-order valence-electron chi connectivity index (χ1n) is 12.8. The van der Waals surface area contributed by atoms with Crippen molar-refractivity contribution in [2.45, 2.75) is 130 Å². The molecule has 0 spiro atoms. The van der Waals surface area contributed by atoms with Crippen molar-refractivity contribution in [2.75, 3.05) is 26.4 Å². The molecular formula is C25H50O4. The van der Waals surface area contributed by atoms with Gasteiger partial charge in [0.05, 0.1) is 32.5 Å². The number of epoxide rings is 1. The maximum atomic E-state index is 6.45. The first-order chi connectivity index (χ1) is 14.2. The minimum absolute atomic E-state index is 0.242. The highest BCUT2D eigenvalue weighted by Crippen LogP contribution is 2.37. The number of hydrogen-bond acceptors (Lipinski definition) is 4. The van der Waals surface area contributed by atoms with Crippen LogP contribution < -0.4 is 0 Å². The van der Waals surface area contributed by atoms with Crippen LogP contribution in [-0.4, -0.2) is 38.5 Å². The Morgan fingerprint density at radius 1 is 0.690 bits per heavy atom. The van der Waals surface area contributed by atoms with E-state index >= 15 is 0 Å². The average Bonchev–Trinajstić information content (AvgIpc) is 3.54. The second-order valence-electron chi connectivity index (χ2n) is 8.65. The van der Waals surface area contributed by atoms with Crippen LogP contribution in [0.5, 0.6) is 0 Å². The van der Waals surface area contributed by atoms with Gasteiger partial charge < -0.3 is 18.9 Å². The lowest BCUT2D eigenvalue weighted by atomic mass is 9.92. The van der Waals surface area contributed by atoms with Gasteiger partial charge in [0.15, 0.2) is 0 Å². The molecule has 1 rings (SSSR count). The largest absolute Gasteiger partial charge is 0.373 e. The normalized spacial score (nSPS) is 17.6. The second-order valence-corrected chi connectivity index (χ2v) is 8.65. The number of ether oxygens (including phenoxy) is 4. The van der Waals surface area contributed by atoms with E-state index in [1.807, 2.05) is 0 Å². The Balaban J connectivity index is 2.80. The van der Waals surface area contributed by atoms with Crippen LogP contribution in [0.2, 0.25) is 0 Å². The van der Waals surface area contributed by atoms with Gasteiger partial charge in [-0.15, -0.1) is 0 Å². The number of unbranched alkanes of at least 4 members (excludes halogenated alkanes) is 8. The van der Waals surface area contributed by atoms with E-state index in [1.54, 1.807) is 0 Å². The SMILES string of the molecule is CCCCCCCCC(CC1CO1)C(OCCCC)(OCCCC)OCCCC. The zero-order chi connectivity index (χ0) is 21.2. The molecular weight excluding hydrogens is 364 g/mol. The maximum Gasteiger partial charge on any atom is 0.285 e. The van der Waals surface area contributed by atoms with E-state index < -0.39 is 5.97 Å². The number of hydrogen-bond donors (Lipinski definition) is 0. The highest BCUT2D eigenvalue weighted by molar-refractivity contribution is 4.81. The van der Waals surface area contributed by atoms with Crippen LogP contribution in [0, 0.1) is 5.92 Å². The molecule has 0 bridgehead atoms. The molecule has 0 aromatic heterocycles. The smallest absolute Gasteiger partial charge is 0.285 e. The Morgan fingerprint density at radius 3 is 1.59 bits per heavy atom. The van der Waals surface area contributed by atoms with Crippen molar-refractivity contribution in [3.05, 3.63) is 0 Å². The Morgan fingerprint density at radius 2 is 1.14 bits per heavy atom. The quantitative estimate of drug-likeness (QED) is 0.106. The van der Waals surface area contributed by atoms with Gasteiger partial charge in [-0.3, -0.25) is 0 Å². The Bertz CT molecular complexity index is 330. The first-order valence-corrected chi connectivity index (χ1v) is 12.8. The molecule has 1 aliphatic rings. The summed E-state index contributed by atoms with van der Waals surface area (Å²) in [5.74, 6) is -0.652. The van der Waals surface area contributed by atoms with Crippen molar-refractivity contribution in [3.8, 4) is 0 Å². The molecule has 4 nitrogen and oxygen atoms in total. The van der Waals surface area contributed by atoms with Crippen molar-refractivity contribution < 1.29 is 18.9 Å². The summed E-state index contributed by atoms with van der Waals surface area (Å²) in [6.45, 7) is 11.9. The lowest BCUT2D eigenvalue weighted by Gasteiger charge is -2.40. The molecule has 0 amide bonds. The summed E-state index contributed by atoms with van der Waals surface area (Å²) in [4.78, 5) is 0. The van der Waals surface area contributed by atoms with Crippen LogP contribution >= 0.6 is 0 Å². The molecule has 0 aliphatic carbocycles. The van der Waals surface area contributed by atoms with Crippen molar-refractivity contribution in [1.82, 2.24) is 0 Å². The highest BCUT2D eigenvalue weighted by Gasteiger charge is 2.45. The summed E-state index contributed by atoms with van der Waals surface area (Å²) in [7, 11) is 0. The van der Waals surface area contributed by atoms with Crippen LogP contribution in [-0.2, 0) is 18.9 Å². The molecule has 2 unspecified atom stereocenters. The van der Waals surface area contributed by atoms with E-state index in [1.165, 1.54) is 38.5 Å². The zero-order valence-corrected chi connectivity index (χ0v) is 20.0. The molecule has 2 atom stereocenters. The molecule has 1 heterocycles. The molecule has 0 radical (unpaired) electrons. The van der Waals surface area contributed by atoms with Crippen molar-refractivity contribution in [3.63, 3.8) is 0 Å². The topological polar surface area (TPSA) is 40.2 Å². The summed E-state index contributed by atoms with van der Waals surface area (Å²) < 4.78 is 25.0. The highest BCUT2D eigenvalue weighted by atomic mass is 16.9. The van der Waals surface area contributed by atoms with Gasteiger partial charge in [-0.05, 0) is 32.1 Å². The van der Waals surface area contributed by atoms with E-state index in [9.17, 15) is 0 Å². The van der Waals surface area contributed by atoms with E-state index in [2.05, 4.69) is 27.7 Å². The number of rotatable bonds is 22. The standard InChI is InChI=1S/C25H50O4/c1-5-9-13-14-15-16-17-23(21-24-22-26-24)25(27-18-10-6-2,28-19-11-7-3)29-20-12-8-4/h23-24H,5-22H2,1-4H3. The molecule has 0 aromatic rings. The third-order valence-electron chi connectivity index (χ3n) is 5.76. The van der Waals surface area contributed by atoms with Crippen molar-refractivity contribution in [2.24, 2.45) is 5.92 Å². The van der Waals surface area contributed by atoms with E-state index in [-0.39, 0.29) is 5.92 Å². The molecule has 0 aromatic carbocycles. The monoisotopic (exact) mass is 414 g/mol. The molecule has 1 saturated heterocycles. The lowest BCUT2D eigenvalue weighted by molar-refractivity contribution is -0.407. The minimum Gasteiger partial charge on any atom is -0.373 e. The van der Waals surface area contributed by atoms with Gasteiger partial charge in [0.2, 0.25) is 0 Å². The molecule has 1 fully saturated rings. The molecule has 1 aliphatic heterocycles. The summed E-state index contributed by atoms with van der Waals surface area (Å²) in [5, 5.41) is 0. The molecule has 4 heteroatoms. The maximum absolute atomic E-state index is 6.45. The van der Waals surface area contributed by atoms with Gasteiger partial charge in [-0.25, -0.2) is 0 Å². The van der Waals surface area contributed by atoms with Gasteiger partial charge in [-0.2, -0.15) is 0 Å². The van der Waals surface area contributed by atoms with Crippen LogP contribution in [0.15, 0.2) is 0 Å².